The van der Waals surface area contributed by atoms with Crippen LogP contribution in [0.5, 0.6) is 0 Å². The molecular formula is C15H22F3N3O3S. The molecule has 0 aliphatic rings. The van der Waals surface area contributed by atoms with Crippen LogP contribution in [0.3, 0.4) is 0 Å². The fourth-order valence-electron chi connectivity index (χ4n) is 2.03. The lowest BCUT2D eigenvalue weighted by atomic mass is 10.2. The van der Waals surface area contributed by atoms with Gasteiger partial charge >= 0.3 is 6.18 Å². The summed E-state index contributed by atoms with van der Waals surface area (Å²) in [4.78, 5) is 13.6. The average molecular weight is 381 g/mol. The Morgan fingerprint density at radius 2 is 1.84 bits per heavy atom. The van der Waals surface area contributed by atoms with Crippen molar-refractivity contribution in [2.24, 2.45) is 0 Å². The van der Waals surface area contributed by atoms with Crippen LogP contribution in [0.2, 0.25) is 0 Å². The van der Waals surface area contributed by atoms with E-state index in [0.29, 0.717) is 13.1 Å². The predicted molar refractivity (Wildman–Crippen MR) is 89.8 cm³/mol. The van der Waals surface area contributed by atoms with Crippen molar-refractivity contribution < 1.29 is 26.4 Å². The Morgan fingerprint density at radius 1 is 1.20 bits per heavy atom. The molecule has 0 unspecified atom stereocenters. The number of hydrogen-bond donors (Lipinski definition) is 1. The lowest BCUT2D eigenvalue weighted by Crippen LogP contribution is -2.36. The highest BCUT2D eigenvalue weighted by atomic mass is 32.2. The summed E-state index contributed by atoms with van der Waals surface area (Å²) in [6.07, 6.45) is -3.85. The number of alkyl halides is 3. The van der Waals surface area contributed by atoms with Gasteiger partial charge in [-0.15, -0.1) is 0 Å². The zero-order chi connectivity index (χ0) is 19.3. The molecule has 0 saturated heterocycles. The number of rotatable bonds is 8. The van der Waals surface area contributed by atoms with Crippen LogP contribution < -0.4 is 9.62 Å². The van der Waals surface area contributed by atoms with Crippen molar-refractivity contribution in [2.75, 3.05) is 44.3 Å². The Balaban J connectivity index is 2.85. The minimum atomic E-state index is -4.58. The van der Waals surface area contributed by atoms with Crippen molar-refractivity contribution >= 4 is 21.6 Å². The number of nitrogens with zero attached hydrogens (tertiary/aromatic N) is 2. The molecule has 1 rings (SSSR count). The summed E-state index contributed by atoms with van der Waals surface area (Å²) < 4.78 is 63.1. The molecule has 0 fully saturated rings. The molecule has 1 aromatic rings. The van der Waals surface area contributed by atoms with E-state index in [-0.39, 0.29) is 24.6 Å². The molecule has 6 nitrogen and oxygen atoms in total. The van der Waals surface area contributed by atoms with Gasteiger partial charge in [0.1, 0.15) is 0 Å². The van der Waals surface area contributed by atoms with Gasteiger partial charge < -0.3 is 10.2 Å². The minimum Gasteiger partial charge on any atom is -0.355 e. The first-order valence-electron chi connectivity index (χ1n) is 7.47. The number of carbonyl (C=O) groups is 1. The van der Waals surface area contributed by atoms with Crippen LogP contribution in [0.25, 0.3) is 0 Å². The van der Waals surface area contributed by atoms with E-state index in [1.165, 1.54) is 6.07 Å². The zero-order valence-corrected chi connectivity index (χ0v) is 15.1. The van der Waals surface area contributed by atoms with Gasteiger partial charge in [-0.2, -0.15) is 13.2 Å². The largest absolute Gasteiger partial charge is 0.416 e. The number of amides is 1. The van der Waals surface area contributed by atoms with E-state index in [4.69, 9.17) is 0 Å². The third-order valence-corrected chi connectivity index (χ3v) is 4.48. The van der Waals surface area contributed by atoms with E-state index in [1.807, 2.05) is 19.0 Å². The third kappa shape index (κ3) is 7.30. The highest BCUT2D eigenvalue weighted by Crippen LogP contribution is 2.32. The highest BCUT2D eigenvalue weighted by molar-refractivity contribution is 7.92. The fourth-order valence-corrected chi connectivity index (χ4v) is 2.95. The second-order valence-corrected chi connectivity index (χ2v) is 7.69. The number of halogens is 3. The zero-order valence-electron chi connectivity index (χ0n) is 14.3. The molecule has 142 valence electrons. The van der Waals surface area contributed by atoms with E-state index < -0.39 is 21.8 Å². The number of hydrogen-bond acceptors (Lipinski definition) is 4. The maximum absolute atomic E-state index is 12.8. The van der Waals surface area contributed by atoms with E-state index in [0.717, 1.165) is 28.8 Å². The maximum Gasteiger partial charge on any atom is 0.416 e. The van der Waals surface area contributed by atoms with Crippen LogP contribution in [0.15, 0.2) is 24.3 Å². The molecule has 1 N–H and O–H groups in total. The second kappa shape index (κ2) is 8.52. The van der Waals surface area contributed by atoms with Gasteiger partial charge in [-0.25, -0.2) is 8.42 Å². The predicted octanol–water partition coefficient (Wildman–Crippen LogP) is 1.54. The van der Waals surface area contributed by atoms with Gasteiger partial charge in [-0.1, -0.05) is 6.07 Å². The van der Waals surface area contributed by atoms with Crippen LogP contribution in [-0.4, -0.2) is 59.2 Å². The first-order valence-corrected chi connectivity index (χ1v) is 9.32. The van der Waals surface area contributed by atoms with Crippen molar-refractivity contribution in [3.05, 3.63) is 29.8 Å². The van der Waals surface area contributed by atoms with Crippen LogP contribution in [-0.2, 0) is 21.0 Å². The Morgan fingerprint density at radius 3 is 2.36 bits per heavy atom. The van der Waals surface area contributed by atoms with Gasteiger partial charge in [0.05, 0.1) is 17.5 Å². The molecule has 1 amide bonds. The minimum absolute atomic E-state index is 0.126. The van der Waals surface area contributed by atoms with Gasteiger partial charge in [-0.05, 0) is 32.3 Å². The van der Waals surface area contributed by atoms with E-state index >= 15 is 0 Å². The van der Waals surface area contributed by atoms with Crippen molar-refractivity contribution in [3.8, 4) is 0 Å². The van der Waals surface area contributed by atoms with E-state index in [9.17, 15) is 26.4 Å². The second-order valence-electron chi connectivity index (χ2n) is 5.79. The van der Waals surface area contributed by atoms with E-state index in [2.05, 4.69) is 5.32 Å². The molecular weight excluding hydrogens is 359 g/mol. The number of benzene rings is 1. The first-order chi connectivity index (χ1) is 11.4. The fraction of sp³-hybridized carbons (Fsp3) is 0.533. The number of sulfonamides is 1. The number of nitrogens with one attached hydrogen (secondary N) is 1. The smallest absolute Gasteiger partial charge is 0.355 e. The molecule has 0 aliphatic heterocycles. The first kappa shape index (κ1) is 21.2. The molecule has 0 atom stereocenters. The number of carbonyl (C=O) groups excluding carboxylic acids is 1. The van der Waals surface area contributed by atoms with Crippen LogP contribution >= 0.6 is 0 Å². The standard InChI is InChI=1S/C15H22F3N3O3S/c1-20(2)10-8-19-14(22)7-9-21(25(3,23)24)13-6-4-5-12(11-13)15(16,17)18/h4-6,11H,7-10H2,1-3H3,(H,19,22). The summed E-state index contributed by atoms with van der Waals surface area (Å²) in [5.74, 6) is -0.373. The molecule has 0 aromatic heterocycles. The topological polar surface area (TPSA) is 69.7 Å². The Bertz CT molecular complexity index is 691. The van der Waals surface area contributed by atoms with Crippen molar-refractivity contribution in [3.63, 3.8) is 0 Å². The van der Waals surface area contributed by atoms with Gasteiger partial charge in [0, 0.05) is 26.1 Å². The summed E-state index contributed by atoms with van der Waals surface area (Å²) in [7, 11) is -0.155. The lowest BCUT2D eigenvalue weighted by molar-refractivity contribution is -0.137. The van der Waals surface area contributed by atoms with E-state index in [1.54, 1.807) is 0 Å². The summed E-state index contributed by atoms with van der Waals surface area (Å²) in [6, 6.07) is 4.01. The van der Waals surface area contributed by atoms with Crippen molar-refractivity contribution in [2.45, 2.75) is 12.6 Å². The quantitative estimate of drug-likeness (QED) is 0.742. The molecule has 0 radical (unpaired) electrons. The summed E-state index contributed by atoms with van der Waals surface area (Å²) in [6.45, 7) is 0.775. The molecule has 0 heterocycles. The highest BCUT2D eigenvalue weighted by Gasteiger charge is 2.31. The molecule has 25 heavy (non-hydrogen) atoms. The average Bonchev–Trinajstić information content (AvgIpc) is 2.45. The number of anilines is 1. The summed E-state index contributed by atoms with van der Waals surface area (Å²) in [5, 5.41) is 2.63. The van der Waals surface area contributed by atoms with Crippen LogP contribution in [0, 0.1) is 0 Å². The molecule has 10 heteroatoms. The van der Waals surface area contributed by atoms with Gasteiger partial charge in [0.25, 0.3) is 0 Å². The lowest BCUT2D eigenvalue weighted by Gasteiger charge is -2.23. The summed E-state index contributed by atoms with van der Waals surface area (Å²) >= 11 is 0. The molecule has 1 aromatic carbocycles. The summed E-state index contributed by atoms with van der Waals surface area (Å²) in [5.41, 5.74) is -1.08. The maximum atomic E-state index is 12.8. The molecule has 0 bridgehead atoms. The van der Waals surface area contributed by atoms with Crippen molar-refractivity contribution in [1.82, 2.24) is 10.2 Å². The Hall–Kier alpha value is -1.81. The Labute approximate surface area is 145 Å². The van der Waals surface area contributed by atoms with Crippen molar-refractivity contribution in [1.29, 1.82) is 0 Å². The Kier molecular flexibility index (Phi) is 7.24. The number of likely N-dealkylation sites (N-methyl/N-ethyl adjacent to an activating group) is 1. The molecule has 0 spiro atoms. The van der Waals surface area contributed by atoms with Crippen LogP contribution in [0.1, 0.15) is 12.0 Å². The normalized spacial score (nSPS) is 12.3. The van der Waals surface area contributed by atoms with Gasteiger partial charge in [-0.3, -0.25) is 9.10 Å². The SMILES string of the molecule is CN(C)CCNC(=O)CCN(c1cccc(C(F)(F)F)c1)S(C)(=O)=O. The molecule has 0 aliphatic carbocycles. The molecule has 0 saturated carbocycles. The van der Waals surface area contributed by atoms with Crippen LogP contribution in [0.4, 0.5) is 18.9 Å². The third-order valence-electron chi connectivity index (χ3n) is 3.28. The van der Waals surface area contributed by atoms with Gasteiger partial charge in [0.2, 0.25) is 15.9 Å². The monoisotopic (exact) mass is 381 g/mol. The van der Waals surface area contributed by atoms with Gasteiger partial charge in [0.15, 0.2) is 0 Å².